The molecule has 0 atom stereocenters. The summed E-state index contributed by atoms with van der Waals surface area (Å²) in [5, 5.41) is 0. The second kappa shape index (κ2) is 4.95. The van der Waals surface area contributed by atoms with Crippen LogP contribution in [0.4, 0.5) is 4.39 Å². The Balaban J connectivity index is 2.17. The number of likely N-dealkylation sites (tertiary alicyclic amines) is 1. The van der Waals surface area contributed by atoms with Gasteiger partial charge in [0.25, 0.3) is 0 Å². The van der Waals surface area contributed by atoms with Crippen LogP contribution in [0, 0.1) is 0 Å². The first-order valence-electron chi connectivity index (χ1n) is 5.32. The molecule has 1 saturated heterocycles. The number of hydrogen-bond acceptors (Lipinski definition) is 3. The van der Waals surface area contributed by atoms with Gasteiger partial charge in [-0.1, -0.05) is 18.2 Å². The number of alkyl halides is 1. The SMILES string of the molecule is O=C1CCC(=O)N1Cc1ccccc1OCF. The highest BCUT2D eigenvalue weighted by molar-refractivity contribution is 6.01. The molecule has 1 aromatic rings. The Morgan fingerprint density at radius 1 is 1.18 bits per heavy atom. The summed E-state index contributed by atoms with van der Waals surface area (Å²) in [5.41, 5.74) is 0.633. The van der Waals surface area contributed by atoms with Gasteiger partial charge in [0.1, 0.15) is 5.75 Å². The maximum absolute atomic E-state index is 12.2. The van der Waals surface area contributed by atoms with E-state index in [1.54, 1.807) is 24.3 Å². The molecule has 1 aliphatic heterocycles. The van der Waals surface area contributed by atoms with Crippen molar-refractivity contribution in [1.82, 2.24) is 4.90 Å². The Morgan fingerprint density at radius 3 is 2.47 bits per heavy atom. The molecule has 0 unspecified atom stereocenters. The quantitative estimate of drug-likeness (QED) is 0.748. The molecule has 1 aromatic carbocycles. The molecule has 0 saturated carbocycles. The van der Waals surface area contributed by atoms with E-state index < -0.39 is 6.86 Å². The molecule has 2 rings (SSSR count). The number of ether oxygens (including phenoxy) is 1. The number of nitrogens with zero attached hydrogens (tertiary/aromatic N) is 1. The number of rotatable bonds is 4. The van der Waals surface area contributed by atoms with Crippen molar-refractivity contribution in [2.24, 2.45) is 0 Å². The first-order chi connectivity index (χ1) is 8.22. The first kappa shape index (κ1) is 11.6. The summed E-state index contributed by atoms with van der Waals surface area (Å²) in [5.74, 6) is -0.0161. The molecule has 5 heteroatoms. The van der Waals surface area contributed by atoms with E-state index in [-0.39, 0.29) is 31.2 Å². The molecule has 1 fully saturated rings. The van der Waals surface area contributed by atoms with Crippen molar-refractivity contribution < 1.29 is 18.7 Å². The van der Waals surface area contributed by atoms with E-state index in [1.807, 2.05) is 0 Å². The molecule has 0 aliphatic carbocycles. The monoisotopic (exact) mass is 237 g/mol. The van der Waals surface area contributed by atoms with Crippen LogP contribution < -0.4 is 4.74 Å². The molecule has 0 bridgehead atoms. The number of imide groups is 1. The van der Waals surface area contributed by atoms with Crippen molar-refractivity contribution in [2.45, 2.75) is 19.4 Å². The van der Waals surface area contributed by atoms with Gasteiger partial charge in [-0.3, -0.25) is 14.5 Å². The normalized spacial score (nSPS) is 15.5. The topological polar surface area (TPSA) is 46.6 Å². The van der Waals surface area contributed by atoms with Gasteiger partial charge in [0.2, 0.25) is 18.7 Å². The van der Waals surface area contributed by atoms with Gasteiger partial charge in [-0.15, -0.1) is 0 Å². The van der Waals surface area contributed by atoms with E-state index >= 15 is 0 Å². The van der Waals surface area contributed by atoms with Crippen molar-refractivity contribution in [3.05, 3.63) is 29.8 Å². The molecule has 17 heavy (non-hydrogen) atoms. The van der Waals surface area contributed by atoms with E-state index in [2.05, 4.69) is 0 Å². The van der Waals surface area contributed by atoms with Crippen LogP contribution in [0.1, 0.15) is 18.4 Å². The molecule has 0 N–H and O–H groups in total. The molecule has 0 aromatic heterocycles. The van der Waals surface area contributed by atoms with Crippen LogP contribution in [0.5, 0.6) is 5.75 Å². The van der Waals surface area contributed by atoms with Gasteiger partial charge in [0.15, 0.2) is 0 Å². The number of amides is 2. The Bertz CT molecular complexity index is 431. The smallest absolute Gasteiger partial charge is 0.230 e. The van der Waals surface area contributed by atoms with Crippen molar-refractivity contribution >= 4 is 11.8 Å². The van der Waals surface area contributed by atoms with E-state index in [9.17, 15) is 14.0 Å². The van der Waals surface area contributed by atoms with Gasteiger partial charge in [-0.25, -0.2) is 4.39 Å². The van der Waals surface area contributed by atoms with Gasteiger partial charge in [-0.2, -0.15) is 0 Å². The number of hydrogen-bond donors (Lipinski definition) is 0. The largest absolute Gasteiger partial charge is 0.463 e. The number of benzene rings is 1. The minimum Gasteiger partial charge on any atom is -0.463 e. The van der Waals surface area contributed by atoms with E-state index in [0.29, 0.717) is 11.3 Å². The van der Waals surface area contributed by atoms with Gasteiger partial charge in [-0.05, 0) is 6.07 Å². The predicted molar refractivity (Wildman–Crippen MR) is 57.8 cm³/mol. The van der Waals surface area contributed by atoms with E-state index in [1.165, 1.54) is 4.90 Å². The van der Waals surface area contributed by atoms with Crippen LogP contribution in [0.3, 0.4) is 0 Å². The van der Waals surface area contributed by atoms with Crippen molar-refractivity contribution in [2.75, 3.05) is 6.86 Å². The van der Waals surface area contributed by atoms with Crippen molar-refractivity contribution in [1.29, 1.82) is 0 Å². The van der Waals surface area contributed by atoms with Crippen LogP contribution in [-0.2, 0) is 16.1 Å². The highest BCUT2D eigenvalue weighted by Gasteiger charge is 2.29. The standard InChI is InChI=1S/C12H12FNO3/c13-8-17-10-4-2-1-3-9(10)7-14-11(15)5-6-12(14)16/h1-4H,5-8H2. The second-order valence-electron chi connectivity index (χ2n) is 3.73. The summed E-state index contributed by atoms with van der Waals surface area (Å²) in [6.45, 7) is -0.785. The van der Waals surface area contributed by atoms with Crippen LogP contribution >= 0.6 is 0 Å². The van der Waals surface area contributed by atoms with Crippen molar-refractivity contribution in [3.8, 4) is 5.75 Å². The fourth-order valence-corrected chi connectivity index (χ4v) is 1.80. The molecule has 90 valence electrons. The van der Waals surface area contributed by atoms with Crippen LogP contribution in [-0.4, -0.2) is 23.6 Å². The molecule has 4 nitrogen and oxygen atoms in total. The number of carbonyl (C=O) groups is 2. The summed E-state index contributed by atoms with van der Waals surface area (Å²) < 4.78 is 17.0. The average Bonchev–Trinajstić information content (AvgIpc) is 2.64. The zero-order valence-electron chi connectivity index (χ0n) is 9.19. The summed E-state index contributed by atoms with van der Waals surface area (Å²) in [6.07, 6.45) is 0.510. The number of halogens is 1. The minimum absolute atomic E-state index is 0.147. The van der Waals surface area contributed by atoms with Gasteiger partial charge in [0, 0.05) is 18.4 Å². The molecule has 1 aliphatic rings. The Hall–Kier alpha value is -1.91. The van der Waals surface area contributed by atoms with Crippen LogP contribution in [0.2, 0.25) is 0 Å². The van der Waals surface area contributed by atoms with Gasteiger partial charge < -0.3 is 4.74 Å². The van der Waals surface area contributed by atoms with Gasteiger partial charge in [0.05, 0.1) is 6.54 Å². The number of carbonyl (C=O) groups excluding carboxylic acids is 2. The number of para-hydroxylation sites is 1. The lowest BCUT2D eigenvalue weighted by Crippen LogP contribution is -2.28. The fraction of sp³-hybridized carbons (Fsp3) is 0.333. The molecule has 0 spiro atoms. The molecule has 0 radical (unpaired) electrons. The summed E-state index contributed by atoms with van der Waals surface area (Å²) >= 11 is 0. The second-order valence-corrected chi connectivity index (χ2v) is 3.73. The molecular weight excluding hydrogens is 225 g/mol. The molecule has 1 heterocycles. The zero-order chi connectivity index (χ0) is 12.3. The molecular formula is C12H12FNO3. The van der Waals surface area contributed by atoms with Crippen LogP contribution in [0.25, 0.3) is 0 Å². The third-order valence-corrected chi connectivity index (χ3v) is 2.67. The maximum atomic E-state index is 12.2. The summed E-state index contributed by atoms with van der Waals surface area (Å²) in [7, 11) is 0. The first-order valence-corrected chi connectivity index (χ1v) is 5.32. The fourth-order valence-electron chi connectivity index (χ4n) is 1.80. The van der Waals surface area contributed by atoms with E-state index in [4.69, 9.17) is 4.74 Å². The maximum Gasteiger partial charge on any atom is 0.230 e. The van der Waals surface area contributed by atoms with Crippen molar-refractivity contribution in [3.63, 3.8) is 0 Å². The summed E-state index contributed by atoms with van der Waals surface area (Å²) in [4.78, 5) is 24.1. The Labute approximate surface area is 98.0 Å². The third-order valence-electron chi connectivity index (χ3n) is 2.67. The lowest BCUT2D eigenvalue weighted by Gasteiger charge is -2.16. The minimum atomic E-state index is -0.932. The molecule has 2 amide bonds. The average molecular weight is 237 g/mol. The zero-order valence-corrected chi connectivity index (χ0v) is 9.19. The van der Waals surface area contributed by atoms with Gasteiger partial charge >= 0.3 is 0 Å². The van der Waals surface area contributed by atoms with Crippen LogP contribution in [0.15, 0.2) is 24.3 Å². The highest BCUT2D eigenvalue weighted by atomic mass is 19.1. The predicted octanol–water partition coefficient (Wildman–Crippen LogP) is 1.64. The Kier molecular flexibility index (Phi) is 3.37. The van der Waals surface area contributed by atoms with E-state index in [0.717, 1.165) is 0 Å². The highest BCUT2D eigenvalue weighted by Crippen LogP contribution is 2.23. The summed E-state index contributed by atoms with van der Waals surface area (Å²) in [6, 6.07) is 6.79. The Morgan fingerprint density at radius 2 is 1.82 bits per heavy atom. The lowest BCUT2D eigenvalue weighted by molar-refractivity contribution is -0.139. The third kappa shape index (κ3) is 2.43. The lowest BCUT2D eigenvalue weighted by atomic mass is 10.2.